The number of carbonyl (C=O) groups excluding carboxylic acids is 1. The van der Waals surface area contributed by atoms with E-state index >= 15 is 0 Å². The molecule has 2 aromatic carbocycles. The van der Waals surface area contributed by atoms with Crippen molar-refractivity contribution in [3.63, 3.8) is 0 Å². The summed E-state index contributed by atoms with van der Waals surface area (Å²) in [4.78, 5) is 15.3. The average Bonchev–Trinajstić information content (AvgIpc) is 2.41. The smallest absolute Gasteiger partial charge is 0.329 e. The lowest BCUT2D eigenvalue weighted by atomic mass is 10.3. The van der Waals surface area contributed by atoms with Gasteiger partial charge in [-0.2, -0.15) is 0 Å². The second-order valence-electron chi connectivity index (χ2n) is 3.90. The second kappa shape index (κ2) is 6.50. The maximum atomic E-state index is 10.7. The molecule has 0 aromatic heterocycles. The minimum Gasteiger partial charge on any atom is -0.456 e. The molecule has 0 saturated heterocycles. The lowest BCUT2D eigenvalue weighted by molar-refractivity contribution is -0.138. The Morgan fingerprint density at radius 2 is 1.80 bits per heavy atom. The molecule has 2 aromatic rings. The van der Waals surface area contributed by atoms with Crippen LogP contribution in [0.2, 0.25) is 10.0 Å². The lowest BCUT2D eigenvalue weighted by Gasteiger charge is -2.09. The number of rotatable bonds is 4. The van der Waals surface area contributed by atoms with E-state index in [1.54, 1.807) is 42.5 Å². The summed E-state index contributed by atoms with van der Waals surface area (Å²) < 4.78 is 5.62. The fourth-order valence-corrected chi connectivity index (χ4v) is 1.85. The standard InChI is InChI=1S/C14H11Cl2NO3/c1-9(18)20-17-11-3-5-12(6-4-11)19-14-7-2-10(15)8-13(14)16/h2-8,17H,1H3. The van der Waals surface area contributed by atoms with Crippen LogP contribution in [0.4, 0.5) is 5.69 Å². The van der Waals surface area contributed by atoms with E-state index < -0.39 is 5.97 Å². The molecule has 0 amide bonds. The quantitative estimate of drug-likeness (QED) is 0.833. The largest absolute Gasteiger partial charge is 0.456 e. The van der Waals surface area contributed by atoms with Gasteiger partial charge < -0.3 is 9.57 Å². The third kappa shape index (κ3) is 4.05. The second-order valence-corrected chi connectivity index (χ2v) is 4.74. The number of benzene rings is 2. The van der Waals surface area contributed by atoms with Crippen molar-refractivity contribution in [2.24, 2.45) is 0 Å². The molecule has 0 aliphatic heterocycles. The van der Waals surface area contributed by atoms with E-state index in [4.69, 9.17) is 27.9 Å². The molecule has 0 radical (unpaired) electrons. The number of halogens is 2. The van der Waals surface area contributed by atoms with Crippen molar-refractivity contribution in [3.8, 4) is 11.5 Å². The van der Waals surface area contributed by atoms with Crippen LogP contribution in [-0.4, -0.2) is 5.97 Å². The van der Waals surface area contributed by atoms with Crippen molar-refractivity contribution < 1.29 is 14.4 Å². The SMILES string of the molecule is CC(=O)ONc1ccc(Oc2ccc(Cl)cc2Cl)cc1. The molecule has 0 bridgehead atoms. The van der Waals surface area contributed by atoms with Crippen molar-refractivity contribution in [2.45, 2.75) is 6.92 Å². The summed E-state index contributed by atoms with van der Waals surface area (Å²) in [6, 6.07) is 11.8. The molecule has 0 aliphatic rings. The molecule has 2 rings (SSSR count). The third-order valence-corrected chi connectivity index (χ3v) is 2.82. The highest BCUT2D eigenvalue weighted by molar-refractivity contribution is 6.35. The first-order chi connectivity index (χ1) is 9.54. The van der Waals surface area contributed by atoms with Gasteiger partial charge in [0.2, 0.25) is 0 Å². The summed E-state index contributed by atoms with van der Waals surface area (Å²) in [6.07, 6.45) is 0. The van der Waals surface area contributed by atoms with Gasteiger partial charge in [-0.15, -0.1) is 0 Å². The van der Waals surface area contributed by atoms with Crippen LogP contribution in [0.15, 0.2) is 42.5 Å². The number of hydrogen-bond acceptors (Lipinski definition) is 4. The first kappa shape index (κ1) is 14.5. The van der Waals surface area contributed by atoms with Gasteiger partial charge >= 0.3 is 5.97 Å². The molecule has 0 saturated carbocycles. The van der Waals surface area contributed by atoms with Crippen LogP contribution in [0.25, 0.3) is 0 Å². The van der Waals surface area contributed by atoms with E-state index in [0.29, 0.717) is 27.2 Å². The molecule has 0 spiro atoms. The molecule has 0 unspecified atom stereocenters. The Bertz CT molecular complexity index is 614. The minimum atomic E-state index is -0.418. The molecule has 6 heteroatoms. The zero-order valence-corrected chi connectivity index (χ0v) is 12.0. The molecule has 0 atom stereocenters. The van der Waals surface area contributed by atoms with Crippen LogP contribution >= 0.6 is 23.2 Å². The predicted molar refractivity (Wildman–Crippen MR) is 78.4 cm³/mol. The van der Waals surface area contributed by atoms with Gasteiger partial charge in [0.05, 0.1) is 10.7 Å². The minimum absolute atomic E-state index is 0.418. The van der Waals surface area contributed by atoms with E-state index in [1.165, 1.54) is 6.92 Å². The summed E-state index contributed by atoms with van der Waals surface area (Å²) in [5, 5.41) is 0.975. The Morgan fingerprint density at radius 3 is 2.40 bits per heavy atom. The maximum Gasteiger partial charge on any atom is 0.329 e. The Balaban J connectivity index is 2.05. The molecular formula is C14H11Cl2NO3. The summed E-state index contributed by atoms with van der Waals surface area (Å²) in [5.74, 6) is 0.692. The van der Waals surface area contributed by atoms with E-state index in [2.05, 4.69) is 10.3 Å². The third-order valence-electron chi connectivity index (χ3n) is 2.29. The van der Waals surface area contributed by atoms with Crippen LogP contribution in [-0.2, 0) is 9.63 Å². The number of hydrogen-bond donors (Lipinski definition) is 1. The molecule has 104 valence electrons. The Kier molecular flexibility index (Phi) is 4.71. The van der Waals surface area contributed by atoms with Crippen LogP contribution in [0, 0.1) is 0 Å². The normalized spacial score (nSPS) is 9.95. The molecule has 0 heterocycles. The number of nitrogens with one attached hydrogen (secondary N) is 1. The van der Waals surface area contributed by atoms with Gasteiger partial charge in [0.25, 0.3) is 0 Å². The summed E-state index contributed by atoms with van der Waals surface area (Å²) in [7, 11) is 0. The zero-order valence-electron chi connectivity index (χ0n) is 10.5. The van der Waals surface area contributed by atoms with Crippen molar-refractivity contribution in [2.75, 3.05) is 5.48 Å². The molecule has 20 heavy (non-hydrogen) atoms. The van der Waals surface area contributed by atoms with Gasteiger partial charge in [-0.05, 0) is 42.5 Å². The molecule has 0 aliphatic carbocycles. The van der Waals surface area contributed by atoms with Crippen LogP contribution < -0.4 is 10.2 Å². The zero-order chi connectivity index (χ0) is 14.5. The van der Waals surface area contributed by atoms with Gasteiger partial charge in [-0.25, -0.2) is 5.48 Å². The fraction of sp³-hybridized carbons (Fsp3) is 0.0714. The van der Waals surface area contributed by atoms with Crippen molar-refractivity contribution in [1.29, 1.82) is 0 Å². The number of ether oxygens (including phenoxy) is 1. The van der Waals surface area contributed by atoms with Gasteiger partial charge in [-0.1, -0.05) is 23.2 Å². The van der Waals surface area contributed by atoms with E-state index in [1.807, 2.05) is 0 Å². The maximum absolute atomic E-state index is 10.7. The predicted octanol–water partition coefficient (Wildman–Crippen LogP) is 4.68. The van der Waals surface area contributed by atoms with Gasteiger partial charge in [-0.3, -0.25) is 4.79 Å². The van der Waals surface area contributed by atoms with E-state index in [-0.39, 0.29) is 0 Å². The highest BCUT2D eigenvalue weighted by atomic mass is 35.5. The summed E-state index contributed by atoms with van der Waals surface area (Å²) >= 11 is 11.8. The highest BCUT2D eigenvalue weighted by Crippen LogP contribution is 2.31. The Hall–Kier alpha value is -1.91. The average molecular weight is 312 g/mol. The number of anilines is 1. The first-order valence-corrected chi connectivity index (χ1v) is 6.46. The molecule has 4 nitrogen and oxygen atoms in total. The van der Waals surface area contributed by atoms with Crippen molar-refractivity contribution >= 4 is 34.9 Å². The van der Waals surface area contributed by atoms with E-state index in [0.717, 1.165) is 0 Å². The lowest BCUT2D eigenvalue weighted by Crippen LogP contribution is -2.05. The number of carbonyl (C=O) groups is 1. The first-order valence-electron chi connectivity index (χ1n) is 5.71. The Labute approximate surface area is 126 Å². The summed E-state index contributed by atoms with van der Waals surface area (Å²) in [6.45, 7) is 1.31. The van der Waals surface area contributed by atoms with Gasteiger partial charge in [0.1, 0.15) is 11.5 Å². The van der Waals surface area contributed by atoms with E-state index in [9.17, 15) is 4.79 Å². The van der Waals surface area contributed by atoms with Gasteiger partial charge in [0, 0.05) is 11.9 Å². The fourth-order valence-electron chi connectivity index (χ4n) is 1.41. The van der Waals surface area contributed by atoms with Crippen molar-refractivity contribution in [3.05, 3.63) is 52.5 Å². The molecular weight excluding hydrogens is 301 g/mol. The van der Waals surface area contributed by atoms with Crippen LogP contribution in [0.1, 0.15) is 6.92 Å². The Morgan fingerprint density at radius 1 is 1.10 bits per heavy atom. The monoisotopic (exact) mass is 311 g/mol. The highest BCUT2D eigenvalue weighted by Gasteiger charge is 2.04. The van der Waals surface area contributed by atoms with Crippen LogP contribution in [0.5, 0.6) is 11.5 Å². The molecule has 1 N–H and O–H groups in total. The van der Waals surface area contributed by atoms with Crippen LogP contribution in [0.3, 0.4) is 0 Å². The molecule has 0 fully saturated rings. The van der Waals surface area contributed by atoms with Gasteiger partial charge in [0.15, 0.2) is 0 Å². The topological polar surface area (TPSA) is 47.6 Å². The van der Waals surface area contributed by atoms with Crippen molar-refractivity contribution in [1.82, 2.24) is 0 Å². The summed E-state index contributed by atoms with van der Waals surface area (Å²) in [5.41, 5.74) is 3.14.